The first-order chi connectivity index (χ1) is 13.0. The summed E-state index contributed by atoms with van der Waals surface area (Å²) in [4.78, 5) is 15.5. The summed E-state index contributed by atoms with van der Waals surface area (Å²) in [5.41, 5.74) is 2.45. The second-order valence-corrected chi connectivity index (χ2v) is 7.44. The first-order valence-corrected chi connectivity index (χ1v) is 9.42. The van der Waals surface area contributed by atoms with Crippen LogP contribution in [0.2, 0.25) is 0 Å². The number of aromatic amines is 1. The van der Waals surface area contributed by atoms with Crippen LogP contribution >= 0.6 is 0 Å². The number of rotatable bonds is 4. The average molecular weight is 366 g/mol. The summed E-state index contributed by atoms with van der Waals surface area (Å²) in [7, 11) is 0. The van der Waals surface area contributed by atoms with Gasteiger partial charge < -0.3 is 15.4 Å². The van der Waals surface area contributed by atoms with Crippen LogP contribution in [0.1, 0.15) is 42.5 Å². The largest absolute Gasteiger partial charge is 0.388 e. The van der Waals surface area contributed by atoms with Gasteiger partial charge >= 0.3 is 0 Å². The van der Waals surface area contributed by atoms with Gasteiger partial charge in [-0.2, -0.15) is 0 Å². The Morgan fingerprint density at radius 2 is 1.85 bits per heavy atom. The van der Waals surface area contributed by atoms with Crippen molar-refractivity contribution >= 4 is 16.8 Å². The van der Waals surface area contributed by atoms with Crippen molar-refractivity contribution in [2.45, 2.75) is 37.7 Å². The number of H-pyrrole nitrogens is 1. The van der Waals surface area contributed by atoms with Crippen molar-refractivity contribution in [1.82, 2.24) is 10.3 Å². The third-order valence-electron chi connectivity index (χ3n) is 5.46. The average Bonchev–Trinajstić information content (AvgIpc) is 3.10. The molecular formula is C22H23FN2O2. The van der Waals surface area contributed by atoms with E-state index in [1.165, 1.54) is 12.1 Å². The van der Waals surface area contributed by atoms with Gasteiger partial charge in [-0.05, 0) is 48.7 Å². The van der Waals surface area contributed by atoms with Crippen LogP contribution in [0.25, 0.3) is 22.0 Å². The molecule has 1 amide bonds. The van der Waals surface area contributed by atoms with Gasteiger partial charge in [0.1, 0.15) is 5.82 Å². The molecule has 5 heteroatoms. The standard InChI is InChI=1S/C22H23FN2O2/c23-17-8-9-18-19(13-24-20(18)12-17)15-4-6-16(7-5-15)21(26)25-14-22(27)10-2-1-3-11-22/h4-9,12-13,24,27H,1-3,10-11,14H2,(H,25,26). The van der Waals surface area contributed by atoms with Crippen LogP contribution < -0.4 is 5.32 Å². The zero-order valence-corrected chi connectivity index (χ0v) is 15.1. The SMILES string of the molecule is O=C(NCC1(O)CCCCC1)c1ccc(-c2c[nH]c3cc(F)ccc23)cc1. The van der Waals surface area contributed by atoms with E-state index in [-0.39, 0.29) is 11.7 Å². The van der Waals surface area contributed by atoms with Crippen LogP contribution in [-0.2, 0) is 0 Å². The van der Waals surface area contributed by atoms with Gasteiger partial charge in [-0.15, -0.1) is 0 Å². The van der Waals surface area contributed by atoms with Crippen LogP contribution in [0.15, 0.2) is 48.7 Å². The molecule has 1 aliphatic rings. The third-order valence-corrected chi connectivity index (χ3v) is 5.46. The number of aliphatic hydroxyl groups is 1. The highest BCUT2D eigenvalue weighted by molar-refractivity contribution is 5.97. The fraction of sp³-hybridized carbons (Fsp3) is 0.318. The lowest BCUT2D eigenvalue weighted by atomic mass is 9.85. The third kappa shape index (κ3) is 3.74. The number of carbonyl (C=O) groups is 1. The predicted octanol–water partition coefficient (Wildman–Crippen LogP) is 4.40. The number of amides is 1. The molecule has 4 rings (SSSR count). The molecule has 3 aromatic rings. The summed E-state index contributed by atoms with van der Waals surface area (Å²) in [5, 5.41) is 14.3. The fourth-order valence-electron chi connectivity index (χ4n) is 3.87. The normalized spacial score (nSPS) is 16.4. The summed E-state index contributed by atoms with van der Waals surface area (Å²) >= 11 is 0. The zero-order valence-electron chi connectivity index (χ0n) is 15.1. The summed E-state index contributed by atoms with van der Waals surface area (Å²) in [6.07, 6.45) is 6.50. The molecule has 1 aliphatic carbocycles. The minimum absolute atomic E-state index is 0.179. The molecule has 27 heavy (non-hydrogen) atoms. The second kappa shape index (κ2) is 7.16. The van der Waals surface area contributed by atoms with E-state index >= 15 is 0 Å². The maximum atomic E-state index is 13.3. The van der Waals surface area contributed by atoms with E-state index in [2.05, 4.69) is 10.3 Å². The topological polar surface area (TPSA) is 65.1 Å². The van der Waals surface area contributed by atoms with Gasteiger partial charge in [0, 0.05) is 34.8 Å². The number of hydrogen-bond acceptors (Lipinski definition) is 2. The molecule has 1 aromatic heterocycles. The summed E-state index contributed by atoms with van der Waals surface area (Å²) in [5.74, 6) is -0.455. The molecule has 0 atom stereocenters. The Labute approximate surface area is 157 Å². The van der Waals surface area contributed by atoms with Crippen molar-refractivity contribution < 1.29 is 14.3 Å². The zero-order chi connectivity index (χ0) is 18.9. The number of halogens is 1. The van der Waals surface area contributed by atoms with Crippen LogP contribution in [0.5, 0.6) is 0 Å². The van der Waals surface area contributed by atoms with Gasteiger partial charge in [0.2, 0.25) is 0 Å². The summed E-state index contributed by atoms with van der Waals surface area (Å²) < 4.78 is 13.3. The van der Waals surface area contributed by atoms with Crippen molar-refractivity contribution in [2.75, 3.05) is 6.54 Å². The maximum absolute atomic E-state index is 13.3. The molecule has 1 fully saturated rings. The number of aromatic nitrogens is 1. The first kappa shape index (κ1) is 17.7. The molecule has 0 bridgehead atoms. The monoisotopic (exact) mass is 366 g/mol. The Balaban J connectivity index is 1.47. The molecule has 140 valence electrons. The van der Waals surface area contributed by atoms with Gasteiger partial charge in [-0.3, -0.25) is 4.79 Å². The highest BCUT2D eigenvalue weighted by Gasteiger charge is 2.29. The molecule has 2 aromatic carbocycles. The molecule has 1 saturated carbocycles. The van der Waals surface area contributed by atoms with Gasteiger partial charge in [-0.25, -0.2) is 4.39 Å². The second-order valence-electron chi connectivity index (χ2n) is 7.44. The van der Waals surface area contributed by atoms with E-state index in [1.54, 1.807) is 18.2 Å². The van der Waals surface area contributed by atoms with Crippen LogP contribution in [-0.4, -0.2) is 28.1 Å². The van der Waals surface area contributed by atoms with E-state index in [0.717, 1.165) is 54.1 Å². The molecule has 0 saturated heterocycles. The molecule has 0 radical (unpaired) electrons. The van der Waals surface area contributed by atoms with Gasteiger partial charge in [0.15, 0.2) is 0 Å². The van der Waals surface area contributed by atoms with Crippen molar-refractivity contribution in [3.8, 4) is 11.1 Å². The van der Waals surface area contributed by atoms with Crippen molar-refractivity contribution in [2.24, 2.45) is 0 Å². The Bertz CT molecular complexity index is 956. The minimum Gasteiger partial charge on any atom is -0.388 e. The lowest BCUT2D eigenvalue weighted by Gasteiger charge is -2.32. The predicted molar refractivity (Wildman–Crippen MR) is 104 cm³/mol. The molecule has 1 heterocycles. The van der Waals surface area contributed by atoms with E-state index < -0.39 is 5.60 Å². The van der Waals surface area contributed by atoms with Crippen LogP contribution in [0.4, 0.5) is 4.39 Å². The molecule has 4 nitrogen and oxygen atoms in total. The van der Waals surface area contributed by atoms with Crippen LogP contribution in [0, 0.1) is 5.82 Å². The lowest BCUT2D eigenvalue weighted by Crippen LogP contribution is -2.44. The van der Waals surface area contributed by atoms with Gasteiger partial charge in [0.05, 0.1) is 5.60 Å². The van der Waals surface area contributed by atoms with Gasteiger partial charge in [-0.1, -0.05) is 31.4 Å². The van der Waals surface area contributed by atoms with E-state index in [0.29, 0.717) is 12.1 Å². The first-order valence-electron chi connectivity index (χ1n) is 9.42. The number of fused-ring (bicyclic) bond motifs is 1. The van der Waals surface area contributed by atoms with Crippen LogP contribution in [0.3, 0.4) is 0 Å². The van der Waals surface area contributed by atoms with Crippen molar-refractivity contribution in [3.05, 3.63) is 60.0 Å². The lowest BCUT2D eigenvalue weighted by molar-refractivity contribution is 0.00526. The Kier molecular flexibility index (Phi) is 4.70. The smallest absolute Gasteiger partial charge is 0.251 e. The molecule has 0 aliphatic heterocycles. The number of nitrogens with one attached hydrogen (secondary N) is 2. The molecule has 0 spiro atoms. The van der Waals surface area contributed by atoms with Crippen molar-refractivity contribution in [1.29, 1.82) is 0 Å². The fourth-order valence-corrected chi connectivity index (χ4v) is 3.87. The minimum atomic E-state index is -0.771. The highest BCUT2D eigenvalue weighted by Crippen LogP contribution is 2.30. The number of benzene rings is 2. The summed E-state index contributed by atoms with van der Waals surface area (Å²) in [6.45, 7) is 0.293. The quantitative estimate of drug-likeness (QED) is 0.641. The van der Waals surface area contributed by atoms with E-state index in [4.69, 9.17) is 0 Å². The Morgan fingerprint density at radius 3 is 2.59 bits per heavy atom. The molecular weight excluding hydrogens is 343 g/mol. The number of hydrogen-bond donors (Lipinski definition) is 3. The van der Waals surface area contributed by atoms with Crippen molar-refractivity contribution in [3.63, 3.8) is 0 Å². The maximum Gasteiger partial charge on any atom is 0.251 e. The van der Waals surface area contributed by atoms with E-state index in [1.807, 2.05) is 18.3 Å². The molecule has 0 unspecified atom stereocenters. The molecule has 3 N–H and O–H groups in total. The Hall–Kier alpha value is -2.66. The summed E-state index contributed by atoms with van der Waals surface area (Å²) in [6, 6.07) is 12.0. The number of carbonyl (C=O) groups excluding carboxylic acids is 1. The van der Waals surface area contributed by atoms with E-state index in [9.17, 15) is 14.3 Å². The Morgan fingerprint density at radius 1 is 1.11 bits per heavy atom. The highest BCUT2D eigenvalue weighted by atomic mass is 19.1. The van der Waals surface area contributed by atoms with Gasteiger partial charge in [0.25, 0.3) is 5.91 Å².